The molecule has 0 saturated carbocycles. The lowest BCUT2D eigenvalue weighted by atomic mass is 10.0. The number of carboxylic acid groups (broad SMARTS) is 2. The Balaban J connectivity index is 2.76. The summed E-state index contributed by atoms with van der Waals surface area (Å²) in [6.07, 6.45) is -0.518. The van der Waals surface area contributed by atoms with Crippen LogP contribution in [0.1, 0.15) is 12.0 Å². The highest BCUT2D eigenvalue weighted by Gasteiger charge is 2.25. The summed E-state index contributed by atoms with van der Waals surface area (Å²) >= 11 is 0. The molecular formula is C15H19N3O7. The van der Waals surface area contributed by atoms with Crippen LogP contribution in [0.2, 0.25) is 0 Å². The van der Waals surface area contributed by atoms with Crippen LogP contribution in [0.5, 0.6) is 0 Å². The SMILES string of the molecule is N[C@@H](CC(=O)O)C(=O)N[C@@H](Cc1ccccc1)C(=O)NOCC(=O)O. The van der Waals surface area contributed by atoms with Gasteiger partial charge in [-0.1, -0.05) is 30.3 Å². The van der Waals surface area contributed by atoms with E-state index in [4.69, 9.17) is 15.9 Å². The van der Waals surface area contributed by atoms with E-state index in [9.17, 15) is 19.2 Å². The van der Waals surface area contributed by atoms with Gasteiger partial charge < -0.3 is 21.3 Å². The Kier molecular flexibility index (Phi) is 8.03. The number of nitrogens with two attached hydrogens (primary N) is 1. The van der Waals surface area contributed by atoms with E-state index in [0.29, 0.717) is 5.56 Å². The van der Waals surface area contributed by atoms with Crippen LogP contribution in [0.25, 0.3) is 0 Å². The van der Waals surface area contributed by atoms with E-state index in [1.807, 2.05) is 5.48 Å². The zero-order valence-corrected chi connectivity index (χ0v) is 13.2. The fraction of sp³-hybridized carbons (Fsp3) is 0.333. The number of nitrogens with one attached hydrogen (secondary N) is 2. The maximum Gasteiger partial charge on any atom is 0.332 e. The second kappa shape index (κ2) is 10.0. The molecule has 2 amide bonds. The largest absolute Gasteiger partial charge is 0.481 e. The maximum absolute atomic E-state index is 12.1. The summed E-state index contributed by atoms with van der Waals surface area (Å²) < 4.78 is 0. The third kappa shape index (κ3) is 7.90. The van der Waals surface area contributed by atoms with Crippen molar-refractivity contribution in [3.8, 4) is 0 Å². The first-order valence-electron chi connectivity index (χ1n) is 7.24. The number of hydroxylamine groups is 1. The van der Waals surface area contributed by atoms with Crippen molar-refractivity contribution in [1.82, 2.24) is 10.8 Å². The summed E-state index contributed by atoms with van der Waals surface area (Å²) in [6.45, 7) is -0.754. The second-order valence-corrected chi connectivity index (χ2v) is 5.10. The van der Waals surface area contributed by atoms with Crippen molar-refractivity contribution in [2.24, 2.45) is 5.73 Å². The van der Waals surface area contributed by atoms with Crippen LogP contribution < -0.4 is 16.5 Å². The molecule has 1 aromatic rings. The zero-order chi connectivity index (χ0) is 18.8. The van der Waals surface area contributed by atoms with Crippen molar-refractivity contribution in [1.29, 1.82) is 0 Å². The van der Waals surface area contributed by atoms with E-state index in [1.165, 1.54) is 0 Å². The Morgan fingerprint density at radius 2 is 1.68 bits per heavy atom. The summed E-state index contributed by atoms with van der Waals surface area (Å²) in [5, 5.41) is 19.5. The number of rotatable bonds is 10. The van der Waals surface area contributed by atoms with E-state index in [-0.39, 0.29) is 6.42 Å². The van der Waals surface area contributed by atoms with Crippen LogP contribution in [-0.4, -0.2) is 52.7 Å². The van der Waals surface area contributed by atoms with Crippen molar-refractivity contribution in [3.05, 3.63) is 35.9 Å². The molecule has 1 aromatic carbocycles. The molecule has 6 N–H and O–H groups in total. The third-order valence-electron chi connectivity index (χ3n) is 3.02. The highest BCUT2D eigenvalue weighted by atomic mass is 16.7. The molecule has 0 aromatic heterocycles. The number of aliphatic carboxylic acids is 2. The number of amides is 2. The lowest BCUT2D eigenvalue weighted by Crippen LogP contribution is -2.53. The number of carbonyl (C=O) groups excluding carboxylic acids is 2. The molecule has 10 heteroatoms. The quantitative estimate of drug-likeness (QED) is 0.322. The minimum atomic E-state index is -1.33. The van der Waals surface area contributed by atoms with E-state index in [0.717, 1.165) is 0 Å². The van der Waals surface area contributed by atoms with Crippen LogP contribution >= 0.6 is 0 Å². The minimum Gasteiger partial charge on any atom is -0.481 e. The lowest BCUT2D eigenvalue weighted by molar-refractivity contribution is -0.150. The van der Waals surface area contributed by atoms with E-state index < -0.39 is 48.9 Å². The molecule has 25 heavy (non-hydrogen) atoms. The monoisotopic (exact) mass is 353 g/mol. The van der Waals surface area contributed by atoms with Gasteiger partial charge in [-0.15, -0.1) is 0 Å². The Morgan fingerprint density at radius 3 is 2.24 bits per heavy atom. The van der Waals surface area contributed by atoms with Crippen molar-refractivity contribution in [2.45, 2.75) is 24.9 Å². The summed E-state index contributed by atoms with van der Waals surface area (Å²) in [4.78, 5) is 49.6. The van der Waals surface area contributed by atoms with Gasteiger partial charge in [0.15, 0.2) is 6.61 Å². The molecule has 0 spiro atoms. The summed E-state index contributed by atoms with van der Waals surface area (Å²) in [5.74, 6) is -4.15. The molecule has 0 aliphatic heterocycles. The summed E-state index contributed by atoms with van der Waals surface area (Å²) in [5.41, 5.74) is 8.11. The maximum atomic E-state index is 12.1. The van der Waals surface area contributed by atoms with E-state index in [1.54, 1.807) is 30.3 Å². The topological polar surface area (TPSA) is 168 Å². The first-order chi connectivity index (χ1) is 11.8. The van der Waals surface area contributed by atoms with Crippen molar-refractivity contribution in [3.63, 3.8) is 0 Å². The average molecular weight is 353 g/mol. The van der Waals surface area contributed by atoms with Crippen molar-refractivity contribution < 1.29 is 34.2 Å². The van der Waals surface area contributed by atoms with Gasteiger partial charge in [-0.3, -0.25) is 19.2 Å². The Hall–Kier alpha value is -2.98. The Bertz CT molecular complexity index is 621. The average Bonchev–Trinajstić information content (AvgIpc) is 2.54. The Labute approximate surface area is 142 Å². The predicted molar refractivity (Wildman–Crippen MR) is 84.0 cm³/mol. The van der Waals surface area contributed by atoms with Crippen molar-refractivity contribution >= 4 is 23.8 Å². The number of hydrogen-bond acceptors (Lipinski definition) is 6. The molecule has 10 nitrogen and oxygen atoms in total. The van der Waals surface area contributed by atoms with Crippen molar-refractivity contribution in [2.75, 3.05) is 6.61 Å². The van der Waals surface area contributed by atoms with Crippen LogP contribution in [0.4, 0.5) is 0 Å². The molecule has 0 heterocycles. The van der Waals surface area contributed by atoms with Crippen LogP contribution in [-0.2, 0) is 30.4 Å². The van der Waals surface area contributed by atoms with Gasteiger partial charge in [-0.25, -0.2) is 10.3 Å². The van der Waals surface area contributed by atoms with Gasteiger partial charge in [0.25, 0.3) is 5.91 Å². The minimum absolute atomic E-state index is 0.0780. The molecule has 0 aliphatic carbocycles. The molecule has 1 rings (SSSR count). The number of carbonyl (C=O) groups is 4. The van der Waals surface area contributed by atoms with Crippen LogP contribution in [0, 0.1) is 0 Å². The standard InChI is InChI=1S/C15H19N3O7/c16-10(7-12(19)20)14(23)17-11(6-9-4-2-1-3-5-9)15(24)18-25-8-13(21)22/h1-5,10-11H,6-8,16H2,(H,17,23)(H,18,24)(H,19,20)(H,21,22)/t10-,11-/m0/s1. The molecule has 136 valence electrons. The fourth-order valence-electron chi connectivity index (χ4n) is 1.86. The number of hydrogen-bond donors (Lipinski definition) is 5. The summed E-state index contributed by atoms with van der Waals surface area (Å²) in [7, 11) is 0. The fourth-order valence-corrected chi connectivity index (χ4v) is 1.86. The molecule has 0 fully saturated rings. The highest BCUT2D eigenvalue weighted by molar-refractivity contribution is 5.91. The summed E-state index contributed by atoms with van der Waals surface area (Å²) in [6, 6.07) is 6.25. The third-order valence-corrected chi connectivity index (χ3v) is 3.02. The van der Waals surface area contributed by atoms with Gasteiger partial charge in [0.1, 0.15) is 6.04 Å². The second-order valence-electron chi connectivity index (χ2n) is 5.10. The van der Waals surface area contributed by atoms with Gasteiger partial charge in [0.2, 0.25) is 5.91 Å². The number of benzene rings is 1. The normalized spacial score (nSPS) is 12.7. The highest BCUT2D eigenvalue weighted by Crippen LogP contribution is 2.04. The lowest BCUT2D eigenvalue weighted by Gasteiger charge is -2.20. The van der Waals surface area contributed by atoms with Gasteiger partial charge in [-0.05, 0) is 5.56 Å². The van der Waals surface area contributed by atoms with Gasteiger partial charge in [0.05, 0.1) is 12.5 Å². The van der Waals surface area contributed by atoms with Gasteiger partial charge in [0, 0.05) is 6.42 Å². The smallest absolute Gasteiger partial charge is 0.332 e. The van der Waals surface area contributed by atoms with Crippen LogP contribution in [0.15, 0.2) is 30.3 Å². The first-order valence-corrected chi connectivity index (χ1v) is 7.24. The molecule has 0 bridgehead atoms. The Morgan fingerprint density at radius 1 is 1.04 bits per heavy atom. The molecule has 0 radical (unpaired) electrons. The van der Waals surface area contributed by atoms with Gasteiger partial charge in [-0.2, -0.15) is 0 Å². The molecular weight excluding hydrogens is 334 g/mol. The number of carboxylic acids is 2. The van der Waals surface area contributed by atoms with Gasteiger partial charge >= 0.3 is 11.9 Å². The van der Waals surface area contributed by atoms with E-state index in [2.05, 4.69) is 10.2 Å². The van der Waals surface area contributed by atoms with E-state index >= 15 is 0 Å². The molecule has 0 unspecified atom stereocenters. The zero-order valence-electron chi connectivity index (χ0n) is 13.2. The molecule has 0 aliphatic rings. The van der Waals surface area contributed by atoms with Crippen LogP contribution in [0.3, 0.4) is 0 Å². The molecule has 2 atom stereocenters. The first kappa shape index (κ1) is 20.1. The molecule has 0 saturated heterocycles. The predicted octanol–water partition coefficient (Wildman–Crippen LogP) is -1.35.